The monoisotopic (exact) mass is 528 g/mol. The third kappa shape index (κ3) is 6.77. The number of methoxy groups -OCH3 is 2. The smallest absolute Gasteiger partial charge is 0.272 e. The molecule has 0 atom stereocenters. The predicted molar refractivity (Wildman–Crippen MR) is 146 cm³/mol. The first kappa shape index (κ1) is 27.3. The van der Waals surface area contributed by atoms with E-state index < -0.39 is 9.85 Å². The lowest BCUT2D eigenvalue weighted by Crippen LogP contribution is -2.02. The summed E-state index contributed by atoms with van der Waals surface area (Å²) in [7, 11) is 3.13. The van der Waals surface area contributed by atoms with Gasteiger partial charge in [0, 0.05) is 36.1 Å². The average molecular weight is 529 g/mol. The van der Waals surface area contributed by atoms with E-state index in [9.17, 15) is 20.2 Å². The van der Waals surface area contributed by atoms with Crippen molar-refractivity contribution in [2.75, 3.05) is 14.2 Å². The SMILES string of the molecule is COc1ccccc1Cc1cc(COCc2ccc([N+](=O)[O-])c(Cc3ccccc3OC)c2)ccc1[N+](=O)[O-]. The molecule has 0 spiro atoms. The molecule has 0 saturated carbocycles. The van der Waals surface area contributed by atoms with Gasteiger partial charge >= 0.3 is 0 Å². The zero-order valence-electron chi connectivity index (χ0n) is 21.7. The van der Waals surface area contributed by atoms with Crippen LogP contribution in [0.2, 0.25) is 0 Å². The Hall–Kier alpha value is -4.76. The molecule has 0 saturated heterocycles. The summed E-state index contributed by atoms with van der Waals surface area (Å²) in [5, 5.41) is 23.3. The van der Waals surface area contributed by atoms with Gasteiger partial charge in [0.15, 0.2) is 0 Å². The highest BCUT2D eigenvalue weighted by molar-refractivity contribution is 5.49. The summed E-state index contributed by atoms with van der Waals surface area (Å²) in [6.07, 6.45) is 0.672. The summed E-state index contributed by atoms with van der Waals surface area (Å²) in [5.74, 6) is 1.33. The summed E-state index contributed by atoms with van der Waals surface area (Å²) in [4.78, 5) is 22.5. The molecule has 0 aromatic heterocycles. The highest BCUT2D eigenvalue weighted by atomic mass is 16.6. The molecular formula is C30H28N2O7. The zero-order valence-corrected chi connectivity index (χ0v) is 21.7. The van der Waals surface area contributed by atoms with Gasteiger partial charge in [-0.2, -0.15) is 0 Å². The van der Waals surface area contributed by atoms with Crippen molar-refractivity contribution in [1.82, 2.24) is 0 Å². The Morgan fingerprint density at radius 2 is 1.00 bits per heavy atom. The maximum absolute atomic E-state index is 11.6. The van der Waals surface area contributed by atoms with Gasteiger partial charge in [0.25, 0.3) is 11.4 Å². The van der Waals surface area contributed by atoms with Crippen LogP contribution in [-0.2, 0) is 30.8 Å². The lowest BCUT2D eigenvalue weighted by atomic mass is 10.00. The van der Waals surface area contributed by atoms with E-state index >= 15 is 0 Å². The number of ether oxygens (including phenoxy) is 3. The first-order chi connectivity index (χ1) is 18.9. The van der Waals surface area contributed by atoms with Crippen LogP contribution in [0.4, 0.5) is 11.4 Å². The van der Waals surface area contributed by atoms with Gasteiger partial charge in [-0.3, -0.25) is 20.2 Å². The summed E-state index contributed by atoms with van der Waals surface area (Å²) >= 11 is 0. The number of nitrogens with zero attached hydrogens (tertiary/aromatic N) is 2. The Bertz CT molecular complexity index is 1380. The minimum absolute atomic E-state index is 0.0287. The van der Waals surface area contributed by atoms with Crippen LogP contribution in [0.15, 0.2) is 84.9 Å². The Morgan fingerprint density at radius 3 is 1.38 bits per heavy atom. The van der Waals surface area contributed by atoms with Gasteiger partial charge < -0.3 is 14.2 Å². The quantitative estimate of drug-likeness (QED) is 0.154. The Kier molecular flexibility index (Phi) is 8.86. The summed E-state index contributed by atoms with van der Waals surface area (Å²) in [6.45, 7) is 0.436. The summed E-state index contributed by atoms with van der Waals surface area (Å²) < 4.78 is 16.7. The van der Waals surface area contributed by atoms with Crippen molar-refractivity contribution in [1.29, 1.82) is 0 Å². The average Bonchev–Trinajstić information content (AvgIpc) is 2.93. The number of rotatable bonds is 12. The van der Waals surface area contributed by atoms with E-state index in [-0.39, 0.29) is 24.6 Å². The van der Waals surface area contributed by atoms with Crippen LogP contribution in [0, 0.1) is 20.2 Å². The molecule has 4 aromatic carbocycles. The Labute approximate surface area is 225 Å². The molecule has 0 aliphatic carbocycles. The summed E-state index contributed by atoms with van der Waals surface area (Å²) in [5.41, 5.74) is 4.41. The standard InChI is InChI=1S/C30H28N2O7/c1-37-29-9-5-3-7-23(29)17-25-15-21(11-13-27(25)31(33)34)19-39-20-22-12-14-28(32(35)36)26(16-22)18-24-8-4-6-10-30(24)38-2/h3-16H,17-20H2,1-2H3. The van der Waals surface area contributed by atoms with Crippen molar-refractivity contribution < 1.29 is 24.1 Å². The van der Waals surface area contributed by atoms with Gasteiger partial charge in [-0.05, 0) is 58.7 Å². The van der Waals surface area contributed by atoms with E-state index in [1.54, 1.807) is 38.5 Å². The van der Waals surface area contributed by atoms with Gasteiger partial charge in [-0.25, -0.2) is 0 Å². The molecule has 0 unspecified atom stereocenters. The normalized spacial score (nSPS) is 10.7. The molecule has 9 heteroatoms. The maximum atomic E-state index is 11.6. The van der Waals surface area contributed by atoms with E-state index in [0.29, 0.717) is 35.5 Å². The molecule has 0 amide bonds. The minimum atomic E-state index is -0.393. The molecule has 4 aromatic rings. The van der Waals surface area contributed by atoms with E-state index in [0.717, 1.165) is 22.3 Å². The maximum Gasteiger partial charge on any atom is 0.272 e. The highest BCUT2D eigenvalue weighted by Gasteiger charge is 2.18. The van der Waals surface area contributed by atoms with Crippen molar-refractivity contribution in [2.45, 2.75) is 26.1 Å². The number of nitro groups is 2. The fourth-order valence-electron chi connectivity index (χ4n) is 4.49. The second-order valence-corrected chi connectivity index (χ2v) is 8.91. The molecule has 9 nitrogen and oxygen atoms in total. The Balaban J connectivity index is 1.50. The van der Waals surface area contributed by atoms with Crippen LogP contribution >= 0.6 is 0 Å². The second-order valence-electron chi connectivity index (χ2n) is 8.91. The third-order valence-corrected chi connectivity index (χ3v) is 6.37. The predicted octanol–water partition coefficient (Wildman–Crippen LogP) is 6.42. The van der Waals surface area contributed by atoms with Gasteiger partial charge in [0.05, 0.1) is 37.3 Å². The van der Waals surface area contributed by atoms with Crippen LogP contribution in [0.25, 0.3) is 0 Å². The van der Waals surface area contributed by atoms with Gasteiger partial charge in [0.2, 0.25) is 0 Å². The Morgan fingerprint density at radius 1 is 0.590 bits per heavy atom. The third-order valence-electron chi connectivity index (χ3n) is 6.37. The lowest BCUT2D eigenvalue weighted by molar-refractivity contribution is -0.385. The fraction of sp³-hybridized carbons (Fsp3) is 0.200. The molecular weight excluding hydrogens is 500 g/mol. The van der Waals surface area contributed by atoms with Crippen LogP contribution < -0.4 is 9.47 Å². The molecule has 39 heavy (non-hydrogen) atoms. The topological polar surface area (TPSA) is 114 Å². The largest absolute Gasteiger partial charge is 0.496 e. The van der Waals surface area contributed by atoms with Crippen LogP contribution in [-0.4, -0.2) is 24.1 Å². The minimum Gasteiger partial charge on any atom is -0.496 e. The zero-order chi connectivity index (χ0) is 27.8. The van der Waals surface area contributed by atoms with E-state index in [1.807, 2.05) is 48.5 Å². The van der Waals surface area contributed by atoms with E-state index in [2.05, 4.69) is 0 Å². The van der Waals surface area contributed by atoms with Crippen LogP contribution in [0.3, 0.4) is 0 Å². The van der Waals surface area contributed by atoms with Crippen LogP contribution in [0.1, 0.15) is 33.4 Å². The first-order valence-electron chi connectivity index (χ1n) is 12.2. The van der Waals surface area contributed by atoms with Gasteiger partial charge in [0.1, 0.15) is 11.5 Å². The number of hydrogen-bond donors (Lipinski definition) is 0. The highest BCUT2D eigenvalue weighted by Crippen LogP contribution is 2.29. The molecule has 0 radical (unpaired) electrons. The molecule has 0 aliphatic heterocycles. The van der Waals surface area contributed by atoms with E-state index in [4.69, 9.17) is 14.2 Å². The van der Waals surface area contributed by atoms with Crippen molar-refractivity contribution in [3.63, 3.8) is 0 Å². The molecule has 0 N–H and O–H groups in total. The van der Waals surface area contributed by atoms with Crippen molar-refractivity contribution in [3.8, 4) is 11.5 Å². The molecule has 0 aliphatic rings. The molecule has 4 rings (SSSR count). The van der Waals surface area contributed by atoms with Crippen molar-refractivity contribution in [2.24, 2.45) is 0 Å². The van der Waals surface area contributed by atoms with Crippen molar-refractivity contribution in [3.05, 3.63) is 139 Å². The summed E-state index contributed by atoms with van der Waals surface area (Å²) in [6, 6.07) is 24.7. The fourth-order valence-corrected chi connectivity index (χ4v) is 4.49. The lowest BCUT2D eigenvalue weighted by Gasteiger charge is -2.12. The number of para-hydroxylation sites is 2. The number of nitro benzene ring substituents is 2. The number of benzene rings is 4. The number of hydrogen-bond acceptors (Lipinski definition) is 7. The van der Waals surface area contributed by atoms with Gasteiger partial charge in [-0.1, -0.05) is 36.4 Å². The van der Waals surface area contributed by atoms with Crippen LogP contribution in [0.5, 0.6) is 11.5 Å². The molecule has 0 heterocycles. The van der Waals surface area contributed by atoms with Crippen molar-refractivity contribution >= 4 is 11.4 Å². The van der Waals surface area contributed by atoms with E-state index in [1.165, 1.54) is 12.1 Å². The second kappa shape index (κ2) is 12.7. The molecule has 200 valence electrons. The van der Waals surface area contributed by atoms with Gasteiger partial charge in [-0.15, -0.1) is 0 Å². The first-order valence-corrected chi connectivity index (χ1v) is 12.2. The molecule has 0 fully saturated rings. The molecule has 0 bridgehead atoms.